The Hall–Kier alpha value is -1.56. The summed E-state index contributed by atoms with van der Waals surface area (Å²) in [5.74, 6) is -0.924. The fourth-order valence-corrected chi connectivity index (χ4v) is 3.47. The Morgan fingerprint density at radius 3 is 2.45 bits per heavy atom. The number of sulfone groups is 1. The molecule has 0 aliphatic rings. The molecule has 0 aromatic heterocycles. The summed E-state index contributed by atoms with van der Waals surface area (Å²) in [7, 11) is -3.38. The molecule has 0 spiro atoms. The van der Waals surface area contributed by atoms with Crippen LogP contribution in [-0.4, -0.2) is 31.3 Å². The number of benzene rings is 1. The molecule has 0 amide bonds. The zero-order valence-corrected chi connectivity index (χ0v) is 12.6. The van der Waals surface area contributed by atoms with Gasteiger partial charge in [-0.2, -0.15) is 0 Å². The molecule has 0 heterocycles. The van der Waals surface area contributed by atoms with Crippen LogP contribution in [0.5, 0.6) is 0 Å². The van der Waals surface area contributed by atoms with Gasteiger partial charge in [-0.05, 0) is 25.0 Å². The van der Waals surface area contributed by atoms with E-state index < -0.39 is 21.8 Å². The van der Waals surface area contributed by atoms with Crippen LogP contribution in [0.25, 0.3) is 0 Å². The van der Waals surface area contributed by atoms with Gasteiger partial charge >= 0.3 is 5.97 Å². The summed E-state index contributed by atoms with van der Waals surface area (Å²) in [6, 6.07) is 5.67. The first-order chi connectivity index (χ1) is 9.42. The van der Waals surface area contributed by atoms with Crippen LogP contribution in [-0.2, 0) is 14.6 Å². The highest BCUT2D eigenvalue weighted by Crippen LogP contribution is 2.24. The minimum Gasteiger partial charge on any atom is -0.480 e. The van der Waals surface area contributed by atoms with Crippen LogP contribution in [0.15, 0.2) is 29.2 Å². The van der Waals surface area contributed by atoms with E-state index in [-0.39, 0.29) is 10.6 Å². The predicted molar refractivity (Wildman–Crippen MR) is 78.7 cm³/mol. The van der Waals surface area contributed by atoms with Crippen molar-refractivity contribution in [1.82, 2.24) is 0 Å². The van der Waals surface area contributed by atoms with E-state index in [9.17, 15) is 13.2 Å². The third kappa shape index (κ3) is 4.23. The first kappa shape index (κ1) is 16.5. The van der Waals surface area contributed by atoms with Gasteiger partial charge in [-0.25, -0.2) is 13.2 Å². The van der Waals surface area contributed by atoms with Gasteiger partial charge in [-0.15, -0.1) is 0 Å². The average Bonchev–Trinajstić information content (AvgIpc) is 2.38. The number of para-hydroxylation sites is 1. The van der Waals surface area contributed by atoms with Crippen molar-refractivity contribution in [2.24, 2.45) is 0 Å². The van der Waals surface area contributed by atoms with Gasteiger partial charge in [0.15, 0.2) is 9.84 Å². The van der Waals surface area contributed by atoms with Crippen molar-refractivity contribution in [3.8, 4) is 0 Å². The first-order valence-corrected chi connectivity index (χ1v) is 8.38. The van der Waals surface area contributed by atoms with E-state index in [1.807, 2.05) is 6.92 Å². The molecule has 1 aromatic carbocycles. The Balaban J connectivity index is 3.10. The van der Waals surface area contributed by atoms with Crippen molar-refractivity contribution in [2.45, 2.75) is 44.0 Å². The number of carbonyl (C=O) groups is 1. The lowest BCUT2D eigenvalue weighted by Crippen LogP contribution is -2.29. The highest BCUT2D eigenvalue weighted by molar-refractivity contribution is 7.91. The maximum Gasteiger partial charge on any atom is 0.326 e. The van der Waals surface area contributed by atoms with Gasteiger partial charge in [-0.1, -0.05) is 32.4 Å². The van der Waals surface area contributed by atoms with Crippen molar-refractivity contribution < 1.29 is 18.3 Å². The summed E-state index contributed by atoms with van der Waals surface area (Å²) in [6.45, 7) is 3.68. The third-order valence-corrected chi connectivity index (χ3v) is 4.87. The average molecular weight is 299 g/mol. The molecule has 1 rings (SSSR count). The van der Waals surface area contributed by atoms with Crippen LogP contribution in [0, 0.1) is 0 Å². The maximum atomic E-state index is 12.2. The summed E-state index contributed by atoms with van der Waals surface area (Å²) < 4.78 is 24.3. The zero-order chi connectivity index (χ0) is 15.2. The number of rotatable bonds is 8. The van der Waals surface area contributed by atoms with Crippen molar-refractivity contribution in [3.63, 3.8) is 0 Å². The van der Waals surface area contributed by atoms with E-state index >= 15 is 0 Å². The van der Waals surface area contributed by atoms with E-state index in [0.29, 0.717) is 24.9 Å². The van der Waals surface area contributed by atoms with Crippen LogP contribution in [0.4, 0.5) is 5.69 Å². The van der Waals surface area contributed by atoms with Crippen molar-refractivity contribution >= 4 is 21.5 Å². The number of carboxylic acid groups (broad SMARTS) is 1. The van der Waals surface area contributed by atoms with Gasteiger partial charge in [0.25, 0.3) is 0 Å². The van der Waals surface area contributed by atoms with Crippen LogP contribution < -0.4 is 5.32 Å². The largest absolute Gasteiger partial charge is 0.480 e. The maximum absolute atomic E-state index is 12.2. The molecule has 0 aliphatic heterocycles. The lowest BCUT2D eigenvalue weighted by Gasteiger charge is -2.17. The molecule has 1 atom stereocenters. The Labute approximate surface area is 119 Å². The number of aliphatic carboxylic acids is 1. The summed E-state index contributed by atoms with van der Waals surface area (Å²) in [5.41, 5.74) is 0.363. The van der Waals surface area contributed by atoms with Gasteiger partial charge in [0.05, 0.1) is 16.3 Å². The van der Waals surface area contributed by atoms with E-state index in [1.54, 1.807) is 25.1 Å². The molecular formula is C14H21NO4S. The second-order valence-electron chi connectivity index (χ2n) is 4.64. The minimum atomic E-state index is -3.38. The van der Waals surface area contributed by atoms with Gasteiger partial charge in [0, 0.05) is 0 Å². The summed E-state index contributed by atoms with van der Waals surface area (Å²) in [6.07, 6.45) is 1.67. The quantitative estimate of drug-likeness (QED) is 0.770. The molecule has 2 N–H and O–H groups in total. The van der Waals surface area contributed by atoms with Gasteiger partial charge in [0.1, 0.15) is 6.04 Å². The number of hydrogen-bond donors (Lipinski definition) is 2. The molecule has 1 aromatic rings. The van der Waals surface area contributed by atoms with E-state index in [4.69, 9.17) is 5.11 Å². The van der Waals surface area contributed by atoms with E-state index in [0.717, 1.165) is 0 Å². The highest BCUT2D eigenvalue weighted by Gasteiger charge is 2.21. The second-order valence-corrected chi connectivity index (χ2v) is 6.72. The SMILES string of the molecule is CCCC(Nc1ccccc1S(=O)(=O)CCC)C(=O)O. The molecule has 0 aliphatic carbocycles. The lowest BCUT2D eigenvalue weighted by molar-refractivity contribution is -0.138. The molecule has 0 bridgehead atoms. The Bertz CT molecular complexity index is 554. The number of nitrogens with one attached hydrogen (secondary N) is 1. The number of anilines is 1. The van der Waals surface area contributed by atoms with Crippen LogP contribution in [0.3, 0.4) is 0 Å². The summed E-state index contributed by atoms with van der Waals surface area (Å²) >= 11 is 0. The molecule has 0 radical (unpaired) electrons. The van der Waals surface area contributed by atoms with Gasteiger partial charge < -0.3 is 10.4 Å². The van der Waals surface area contributed by atoms with E-state index in [2.05, 4.69) is 5.32 Å². The van der Waals surface area contributed by atoms with Crippen molar-refractivity contribution in [3.05, 3.63) is 24.3 Å². The molecule has 20 heavy (non-hydrogen) atoms. The molecule has 1 unspecified atom stereocenters. The zero-order valence-electron chi connectivity index (χ0n) is 11.8. The fourth-order valence-electron chi connectivity index (χ4n) is 1.97. The summed E-state index contributed by atoms with van der Waals surface area (Å²) in [4.78, 5) is 11.3. The summed E-state index contributed by atoms with van der Waals surface area (Å²) in [5, 5.41) is 12.0. The Kier molecular flexibility index (Phi) is 6.01. The second kappa shape index (κ2) is 7.28. The van der Waals surface area contributed by atoms with Crippen molar-refractivity contribution in [2.75, 3.05) is 11.1 Å². The van der Waals surface area contributed by atoms with E-state index in [1.165, 1.54) is 6.07 Å². The normalized spacial score (nSPS) is 12.9. The van der Waals surface area contributed by atoms with Crippen molar-refractivity contribution in [1.29, 1.82) is 0 Å². The molecule has 5 nitrogen and oxygen atoms in total. The number of carboxylic acids is 1. The third-order valence-electron chi connectivity index (χ3n) is 2.90. The minimum absolute atomic E-state index is 0.0528. The molecule has 0 fully saturated rings. The smallest absolute Gasteiger partial charge is 0.326 e. The fraction of sp³-hybridized carbons (Fsp3) is 0.500. The topological polar surface area (TPSA) is 83.5 Å². The van der Waals surface area contributed by atoms with Gasteiger partial charge in [0.2, 0.25) is 0 Å². The van der Waals surface area contributed by atoms with Crippen LogP contribution >= 0.6 is 0 Å². The standard InChI is InChI=1S/C14H21NO4S/c1-3-7-12(14(16)17)15-11-8-5-6-9-13(11)20(18,19)10-4-2/h5-6,8-9,12,15H,3-4,7,10H2,1-2H3,(H,16,17). The van der Waals surface area contributed by atoms with Gasteiger partial charge in [-0.3, -0.25) is 0 Å². The lowest BCUT2D eigenvalue weighted by atomic mass is 10.1. The highest BCUT2D eigenvalue weighted by atomic mass is 32.2. The Morgan fingerprint density at radius 2 is 1.90 bits per heavy atom. The monoisotopic (exact) mass is 299 g/mol. The Morgan fingerprint density at radius 1 is 1.25 bits per heavy atom. The molecule has 0 saturated heterocycles. The number of hydrogen-bond acceptors (Lipinski definition) is 4. The molecular weight excluding hydrogens is 278 g/mol. The molecule has 0 saturated carbocycles. The predicted octanol–water partition coefficient (Wildman–Crippen LogP) is 2.54. The molecule has 6 heteroatoms. The first-order valence-electron chi connectivity index (χ1n) is 6.73. The van der Waals surface area contributed by atoms with Crippen LogP contribution in [0.1, 0.15) is 33.1 Å². The van der Waals surface area contributed by atoms with Crippen LogP contribution in [0.2, 0.25) is 0 Å². The molecule has 112 valence electrons.